The highest BCUT2D eigenvalue weighted by molar-refractivity contribution is 14.1. The summed E-state index contributed by atoms with van der Waals surface area (Å²) in [6.45, 7) is 4.22. The summed E-state index contributed by atoms with van der Waals surface area (Å²) in [6.07, 6.45) is 0.162. The van der Waals surface area contributed by atoms with Crippen molar-refractivity contribution in [3.63, 3.8) is 0 Å². The lowest BCUT2D eigenvalue weighted by molar-refractivity contribution is -0.143. The smallest absolute Gasteiger partial charge is 0.247 e. The molecule has 0 spiro atoms. The van der Waals surface area contributed by atoms with Crippen molar-refractivity contribution in [3.05, 3.63) is 32.9 Å². The number of aliphatic hydroxyl groups excluding tert-OH is 3. The van der Waals surface area contributed by atoms with E-state index in [1.165, 1.54) is 7.11 Å². The fraction of sp³-hybridized carbons (Fsp3) is 0.643. The van der Waals surface area contributed by atoms with Crippen LogP contribution >= 0.6 is 22.6 Å². The Morgan fingerprint density at radius 2 is 1.98 bits per heavy atom. The van der Waals surface area contributed by atoms with Crippen LogP contribution in [0, 0.1) is 9.49 Å². The van der Waals surface area contributed by atoms with E-state index >= 15 is 0 Å². The van der Waals surface area contributed by atoms with Crippen LogP contribution in [-0.2, 0) is 25.7 Å². The van der Waals surface area contributed by atoms with E-state index in [1.807, 2.05) is 0 Å². The molecule has 4 N–H and O–H groups in total. The van der Waals surface area contributed by atoms with Crippen LogP contribution in [0.25, 0.3) is 0 Å². The van der Waals surface area contributed by atoms with Gasteiger partial charge in [0.05, 0.1) is 55.7 Å². The Kier molecular flexibility index (Phi) is 12.0. The van der Waals surface area contributed by atoms with E-state index in [1.54, 1.807) is 23.1 Å². The number of ether oxygens (including phenoxy) is 4. The first-order chi connectivity index (χ1) is 19.9. The van der Waals surface area contributed by atoms with E-state index in [-0.39, 0.29) is 38.0 Å². The number of hydrogen-bond acceptors (Lipinski definition) is 10. The molecule has 4 atom stereocenters. The van der Waals surface area contributed by atoms with E-state index in [4.69, 9.17) is 18.9 Å². The number of hydrogen-bond donors (Lipinski definition) is 4. The highest BCUT2D eigenvalue weighted by Crippen LogP contribution is 2.37. The Bertz CT molecular complexity index is 1080. The molecule has 2 amide bonds. The van der Waals surface area contributed by atoms with Gasteiger partial charge in [0.15, 0.2) is 11.5 Å². The number of morpholine rings is 1. The molecule has 0 radical (unpaired) electrons. The van der Waals surface area contributed by atoms with Gasteiger partial charge in [-0.3, -0.25) is 14.5 Å². The van der Waals surface area contributed by atoms with Gasteiger partial charge in [0.1, 0.15) is 12.2 Å². The summed E-state index contributed by atoms with van der Waals surface area (Å²) in [6, 6.07) is 2.66. The molecular weight excluding hydrogens is 649 g/mol. The average molecular weight is 690 g/mol. The van der Waals surface area contributed by atoms with Gasteiger partial charge in [-0.15, -0.1) is 0 Å². The van der Waals surface area contributed by atoms with Gasteiger partial charge < -0.3 is 44.5 Å². The summed E-state index contributed by atoms with van der Waals surface area (Å²) in [5, 5.41) is 33.3. The zero-order valence-corrected chi connectivity index (χ0v) is 25.5. The summed E-state index contributed by atoms with van der Waals surface area (Å²) in [4.78, 5) is 30.9. The molecule has 41 heavy (non-hydrogen) atoms. The van der Waals surface area contributed by atoms with Crippen molar-refractivity contribution in [1.29, 1.82) is 0 Å². The van der Waals surface area contributed by atoms with Gasteiger partial charge in [-0.05, 0) is 52.8 Å². The van der Waals surface area contributed by atoms with Crippen molar-refractivity contribution >= 4 is 34.4 Å². The Morgan fingerprint density at radius 3 is 2.63 bits per heavy atom. The van der Waals surface area contributed by atoms with Crippen molar-refractivity contribution in [1.82, 2.24) is 15.1 Å². The van der Waals surface area contributed by atoms with Gasteiger partial charge in [-0.1, -0.05) is 0 Å². The average Bonchev–Trinajstić information content (AvgIpc) is 3.54. The van der Waals surface area contributed by atoms with Crippen LogP contribution in [0.5, 0.6) is 11.5 Å². The first-order valence-corrected chi connectivity index (χ1v) is 15.0. The number of amides is 2. The molecule has 4 rings (SSSR count). The number of halogens is 1. The fourth-order valence-electron chi connectivity index (χ4n) is 5.37. The van der Waals surface area contributed by atoms with Crippen LogP contribution in [-0.4, -0.2) is 128 Å². The Morgan fingerprint density at radius 1 is 1.20 bits per heavy atom. The lowest BCUT2D eigenvalue weighted by Crippen LogP contribution is -2.57. The maximum Gasteiger partial charge on any atom is 0.247 e. The van der Waals surface area contributed by atoms with Crippen molar-refractivity contribution in [3.8, 4) is 11.5 Å². The van der Waals surface area contributed by atoms with Crippen molar-refractivity contribution < 1.29 is 43.9 Å². The highest BCUT2D eigenvalue weighted by Gasteiger charge is 2.42. The van der Waals surface area contributed by atoms with Gasteiger partial charge in [0, 0.05) is 51.3 Å². The van der Waals surface area contributed by atoms with Crippen molar-refractivity contribution in [2.24, 2.45) is 5.92 Å². The van der Waals surface area contributed by atoms with Crippen LogP contribution in [0.1, 0.15) is 18.4 Å². The second-order valence-corrected chi connectivity index (χ2v) is 11.5. The number of aliphatic hydroxyl groups is 3. The maximum atomic E-state index is 13.9. The highest BCUT2D eigenvalue weighted by atomic mass is 127. The second-order valence-electron chi connectivity index (χ2n) is 10.3. The molecule has 2 fully saturated rings. The lowest BCUT2D eigenvalue weighted by atomic mass is 9.87. The quantitative estimate of drug-likeness (QED) is 0.220. The molecule has 1 unspecified atom stereocenters. The topological polar surface area (TPSA) is 150 Å². The number of carbonyl (C=O) groups excluding carboxylic acids is 2. The normalized spacial score (nSPS) is 25.0. The first kappa shape index (κ1) is 31.9. The Hall–Kier alpha value is -2.01. The first-order valence-electron chi connectivity index (χ1n) is 14.0. The van der Waals surface area contributed by atoms with Gasteiger partial charge in [0.25, 0.3) is 0 Å². The number of rotatable bonds is 12. The van der Waals surface area contributed by atoms with Crippen molar-refractivity contribution in [2.45, 2.75) is 37.7 Å². The number of benzene rings is 1. The molecular formula is C28H40IN3O9. The third kappa shape index (κ3) is 8.09. The minimum absolute atomic E-state index is 0.0718. The summed E-state index contributed by atoms with van der Waals surface area (Å²) >= 11 is 2.07. The summed E-state index contributed by atoms with van der Waals surface area (Å²) in [5.41, 5.74) is 0.991. The van der Waals surface area contributed by atoms with E-state index in [0.717, 1.165) is 13.1 Å². The zero-order chi connectivity index (χ0) is 29.4. The molecule has 2 heterocycles. The van der Waals surface area contributed by atoms with Crippen LogP contribution < -0.4 is 14.8 Å². The van der Waals surface area contributed by atoms with E-state index < -0.39 is 24.2 Å². The van der Waals surface area contributed by atoms with Crippen LogP contribution in [0.4, 0.5) is 0 Å². The number of carbonyl (C=O) groups is 2. The van der Waals surface area contributed by atoms with Crippen molar-refractivity contribution in [2.75, 3.05) is 72.9 Å². The molecule has 2 aliphatic heterocycles. The van der Waals surface area contributed by atoms with E-state index in [0.29, 0.717) is 72.1 Å². The predicted molar refractivity (Wildman–Crippen MR) is 157 cm³/mol. The van der Waals surface area contributed by atoms with E-state index in [9.17, 15) is 24.9 Å². The van der Waals surface area contributed by atoms with Crippen LogP contribution in [0.3, 0.4) is 0 Å². The third-order valence-electron chi connectivity index (χ3n) is 7.66. The molecule has 0 saturated carbocycles. The standard InChI is InChI=1S/C28H40IN3O9/c1-38-24-13-18(16-34)12-21(29)26(24)41-23-15-20(27(36)30-3-8-33)14-22(25(23)35)32(28(37)19-2-9-40-17-19)5-4-31-6-10-39-11-7-31/h12-13,15,19,22-23,25,33-35H,2-11,14,16-17H2,1H3,(H,30,36)/t19?,22-,23+,25+/m1/s1. The van der Waals surface area contributed by atoms with Gasteiger partial charge >= 0.3 is 0 Å². The molecule has 1 aromatic carbocycles. The molecule has 228 valence electrons. The van der Waals surface area contributed by atoms with Gasteiger partial charge in [-0.2, -0.15) is 0 Å². The van der Waals surface area contributed by atoms with Gasteiger partial charge in [0.2, 0.25) is 11.8 Å². The predicted octanol–water partition coefficient (Wildman–Crippen LogP) is -0.0951. The maximum absolute atomic E-state index is 13.9. The molecule has 2 saturated heterocycles. The van der Waals surface area contributed by atoms with Gasteiger partial charge in [-0.25, -0.2) is 0 Å². The minimum Gasteiger partial charge on any atom is -0.493 e. The number of nitrogens with one attached hydrogen (secondary N) is 1. The molecule has 0 aromatic heterocycles. The minimum atomic E-state index is -1.15. The lowest BCUT2D eigenvalue weighted by Gasteiger charge is -2.42. The zero-order valence-electron chi connectivity index (χ0n) is 23.3. The molecule has 3 aliphatic rings. The number of methoxy groups -OCH3 is 1. The molecule has 12 nitrogen and oxygen atoms in total. The van der Waals surface area contributed by atoms with Crippen LogP contribution in [0.2, 0.25) is 0 Å². The fourth-order valence-corrected chi connectivity index (χ4v) is 6.16. The summed E-state index contributed by atoms with van der Waals surface area (Å²) in [7, 11) is 1.48. The third-order valence-corrected chi connectivity index (χ3v) is 8.46. The molecule has 1 aromatic rings. The Labute approximate surface area is 253 Å². The summed E-state index contributed by atoms with van der Waals surface area (Å²) < 4.78 is 23.5. The molecule has 1 aliphatic carbocycles. The van der Waals surface area contributed by atoms with E-state index in [2.05, 4.69) is 32.8 Å². The summed E-state index contributed by atoms with van der Waals surface area (Å²) in [5.74, 6) is -0.104. The molecule has 0 bridgehead atoms. The SMILES string of the molecule is COc1cc(CO)cc(I)c1O[C@H]1C=C(C(=O)NCCO)C[C@@H](N(CCN2CCOCC2)C(=O)C2CCOC2)[C@@H]1O. The molecule has 13 heteroatoms. The Balaban J connectivity index is 1.66. The van der Waals surface area contributed by atoms with Crippen LogP contribution in [0.15, 0.2) is 23.8 Å². The largest absolute Gasteiger partial charge is 0.493 e. The monoisotopic (exact) mass is 689 g/mol. The second kappa shape index (κ2) is 15.5. The number of nitrogens with zero attached hydrogens (tertiary/aromatic N) is 2.